The standard InChI is InChI=1S/C23H29NO4/c1-3-20(28-19-13-12-17-8-4-5-9-18(17)16-19)23(25)24-14-15-27-22-11-7-6-10-21(22)26-2/h6-7,10-13,16,20H,3-5,8-9,14-15H2,1-2H3,(H,24,25)/t20-/m1/s1. The third-order valence-electron chi connectivity index (χ3n) is 4.99. The summed E-state index contributed by atoms with van der Waals surface area (Å²) in [6, 6.07) is 13.7. The molecular weight excluding hydrogens is 354 g/mol. The number of ether oxygens (including phenoxy) is 3. The second kappa shape index (κ2) is 10.0. The first-order valence-electron chi connectivity index (χ1n) is 10.0. The fraction of sp³-hybridized carbons (Fsp3) is 0.435. The van der Waals surface area contributed by atoms with Gasteiger partial charge in [-0.15, -0.1) is 0 Å². The van der Waals surface area contributed by atoms with Gasteiger partial charge in [0.25, 0.3) is 5.91 Å². The van der Waals surface area contributed by atoms with Crippen LogP contribution in [0, 0.1) is 0 Å². The Kier molecular flexibility index (Phi) is 7.18. The number of hydrogen-bond acceptors (Lipinski definition) is 4. The summed E-state index contributed by atoms with van der Waals surface area (Å²) in [6.45, 7) is 2.72. The Morgan fingerprint density at radius 3 is 2.57 bits per heavy atom. The minimum absolute atomic E-state index is 0.121. The zero-order valence-electron chi connectivity index (χ0n) is 16.7. The van der Waals surface area contributed by atoms with Crippen molar-refractivity contribution in [3.63, 3.8) is 0 Å². The molecule has 0 aliphatic heterocycles. The Hall–Kier alpha value is -2.69. The molecule has 1 aliphatic rings. The lowest BCUT2D eigenvalue weighted by molar-refractivity contribution is -0.128. The van der Waals surface area contributed by atoms with Crippen molar-refractivity contribution >= 4 is 5.91 Å². The van der Waals surface area contributed by atoms with Gasteiger partial charge >= 0.3 is 0 Å². The second-order valence-corrected chi connectivity index (χ2v) is 6.94. The van der Waals surface area contributed by atoms with Crippen LogP contribution in [-0.2, 0) is 17.6 Å². The fourth-order valence-electron chi connectivity index (χ4n) is 3.46. The molecule has 150 valence electrons. The highest BCUT2D eigenvalue weighted by Gasteiger charge is 2.19. The Bertz CT molecular complexity index is 790. The Morgan fingerprint density at radius 1 is 1.07 bits per heavy atom. The molecule has 2 aromatic rings. The maximum Gasteiger partial charge on any atom is 0.261 e. The van der Waals surface area contributed by atoms with Gasteiger partial charge in [-0.2, -0.15) is 0 Å². The summed E-state index contributed by atoms with van der Waals surface area (Å²) in [5.74, 6) is 1.99. The molecule has 28 heavy (non-hydrogen) atoms. The molecule has 1 atom stereocenters. The molecule has 3 rings (SSSR count). The summed E-state index contributed by atoms with van der Waals surface area (Å²) in [6.07, 6.45) is 4.81. The van der Waals surface area contributed by atoms with Gasteiger partial charge < -0.3 is 19.5 Å². The van der Waals surface area contributed by atoms with Gasteiger partial charge in [0.1, 0.15) is 12.4 Å². The van der Waals surface area contributed by atoms with Crippen LogP contribution in [0.15, 0.2) is 42.5 Å². The normalized spacial score (nSPS) is 13.9. The largest absolute Gasteiger partial charge is 0.493 e. The third kappa shape index (κ3) is 5.18. The van der Waals surface area contributed by atoms with Gasteiger partial charge in [0.15, 0.2) is 17.6 Å². The first kappa shape index (κ1) is 20.1. The van der Waals surface area contributed by atoms with Gasteiger partial charge in [0.05, 0.1) is 13.7 Å². The average molecular weight is 383 g/mol. The van der Waals surface area contributed by atoms with Gasteiger partial charge in [0, 0.05) is 0 Å². The molecule has 1 amide bonds. The second-order valence-electron chi connectivity index (χ2n) is 6.94. The number of aryl methyl sites for hydroxylation is 2. The molecule has 0 unspecified atom stereocenters. The molecule has 1 N–H and O–H groups in total. The number of methoxy groups -OCH3 is 1. The molecule has 0 heterocycles. The van der Waals surface area contributed by atoms with E-state index < -0.39 is 6.10 Å². The van der Waals surface area contributed by atoms with Crippen LogP contribution < -0.4 is 19.5 Å². The van der Waals surface area contributed by atoms with Crippen LogP contribution in [0.4, 0.5) is 0 Å². The lowest BCUT2D eigenvalue weighted by Gasteiger charge is -2.20. The van der Waals surface area contributed by atoms with E-state index in [-0.39, 0.29) is 5.91 Å². The van der Waals surface area contributed by atoms with E-state index in [0.29, 0.717) is 31.1 Å². The van der Waals surface area contributed by atoms with Crippen molar-refractivity contribution in [1.82, 2.24) is 5.32 Å². The van der Waals surface area contributed by atoms with Crippen molar-refractivity contribution in [3.05, 3.63) is 53.6 Å². The molecule has 5 heteroatoms. The number of hydrogen-bond donors (Lipinski definition) is 1. The van der Waals surface area contributed by atoms with Crippen molar-refractivity contribution in [2.75, 3.05) is 20.3 Å². The molecule has 0 saturated heterocycles. The van der Waals surface area contributed by atoms with E-state index >= 15 is 0 Å². The quantitative estimate of drug-likeness (QED) is 0.667. The monoisotopic (exact) mass is 383 g/mol. The van der Waals surface area contributed by atoms with Crippen molar-refractivity contribution in [2.24, 2.45) is 0 Å². The third-order valence-corrected chi connectivity index (χ3v) is 4.99. The SMILES string of the molecule is CC[C@@H](Oc1ccc2c(c1)CCCC2)C(=O)NCCOc1ccccc1OC. The van der Waals surface area contributed by atoms with Crippen molar-refractivity contribution in [1.29, 1.82) is 0 Å². The van der Waals surface area contributed by atoms with Crippen LogP contribution in [0.1, 0.15) is 37.3 Å². The number of carbonyl (C=O) groups excluding carboxylic acids is 1. The fourth-order valence-corrected chi connectivity index (χ4v) is 3.46. The summed E-state index contributed by atoms with van der Waals surface area (Å²) in [5.41, 5.74) is 2.76. The Morgan fingerprint density at radius 2 is 1.82 bits per heavy atom. The molecule has 5 nitrogen and oxygen atoms in total. The van der Waals surface area contributed by atoms with E-state index in [1.54, 1.807) is 7.11 Å². The zero-order chi connectivity index (χ0) is 19.8. The zero-order valence-corrected chi connectivity index (χ0v) is 16.7. The van der Waals surface area contributed by atoms with Crippen LogP contribution in [-0.4, -0.2) is 32.3 Å². The number of fused-ring (bicyclic) bond motifs is 1. The Labute approximate surface area is 167 Å². The first-order valence-corrected chi connectivity index (χ1v) is 10.0. The van der Waals surface area contributed by atoms with Crippen molar-refractivity contribution in [3.8, 4) is 17.2 Å². The summed E-state index contributed by atoms with van der Waals surface area (Å²) in [7, 11) is 1.61. The molecule has 1 aliphatic carbocycles. The Balaban J connectivity index is 1.48. The van der Waals surface area contributed by atoms with E-state index in [0.717, 1.165) is 18.6 Å². The summed E-state index contributed by atoms with van der Waals surface area (Å²) < 4.78 is 16.9. The molecule has 0 spiro atoms. The molecule has 0 radical (unpaired) electrons. The average Bonchev–Trinajstić information content (AvgIpc) is 2.75. The van der Waals surface area contributed by atoms with E-state index in [1.165, 1.54) is 24.0 Å². The molecule has 0 bridgehead atoms. The van der Waals surface area contributed by atoms with Crippen molar-refractivity contribution < 1.29 is 19.0 Å². The van der Waals surface area contributed by atoms with E-state index in [2.05, 4.69) is 17.4 Å². The lowest BCUT2D eigenvalue weighted by atomic mass is 9.92. The lowest BCUT2D eigenvalue weighted by Crippen LogP contribution is -2.39. The predicted octanol–water partition coefficient (Wildman–Crippen LogP) is 3.93. The number of para-hydroxylation sites is 2. The van der Waals surface area contributed by atoms with Gasteiger partial charge in [0.2, 0.25) is 0 Å². The molecule has 0 aromatic heterocycles. The van der Waals surface area contributed by atoms with Gasteiger partial charge in [-0.25, -0.2) is 0 Å². The van der Waals surface area contributed by atoms with Crippen LogP contribution in [0.5, 0.6) is 17.2 Å². The van der Waals surface area contributed by atoms with Crippen LogP contribution in [0.3, 0.4) is 0 Å². The molecule has 2 aromatic carbocycles. The topological polar surface area (TPSA) is 56.8 Å². The summed E-state index contributed by atoms with van der Waals surface area (Å²) >= 11 is 0. The number of nitrogens with one attached hydrogen (secondary N) is 1. The molecule has 0 saturated carbocycles. The van der Waals surface area contributed by atoms with Crippen LogP contribution in [0.25, 0.3) is 0 Å². The molecule has 0 fully saturated rings. The number of amides is 1. The maximum absolute atomic E-state index is 12.5. The number of rotatable bonds is 9. The number of carbonyl (C=O) groups is 1. The highest BCUT2D eigenvalue weighted by atomic mass is 16.5. The first-order chi connectivity index (χ1) is 13.7. The molecular formula is C23H29NO4. The highest BCUT2D eigenvalue weighted by Crippen LogP contribution is 2.27. The highest BCUT2D eigenvalue weighted by molar-refractivity contribution is 5.81. The summed E-state index contributed by atoms with van der Waals surface area (Å²) in [5, 5.41) is 2.89. The van der Waals surface area contributed by atoms with E-state index in [9.17, 15) is 4.79 Å². The predicted molar refractivity (Wildman–Crippen MR) is 109 cm³/mol. The van der Waals surface area contributed by atoms with Gasteiger partial charge in [-0.3, -0.25) is 4.79 Å². The van der Waals surface area contributed by atoms with E-state index in [4.69, 9.17) is 14.2 Å². The number of benzene rings is 2. The smallest absolute Gasteiger partial charge is 0.261 e. The van der Waals surface area contributed by atoms with Crippen LogP contribution >= 0.6 is 0 Å². The minimum atomic E-state index is -0.507. The van der Waals surface area contributed by atoms with E-state index in [1.807, 2.05) is 37.3 Å². The maximum atomic E-state index is 12.5. The van der Waals surface area contributed by atoms with Crippen LogP contribution in [0.2, 0.25) is 0 Å². The van der Waals surface area contributed by atoms with Gasteiger partial charge in [-0.1, -0.05) is 25.1 Å². The minimum Gasteiger partial charge on any atom is -0.493 e. The van der Waals surface area contributed by atoms with Gasteiger partial charge in [-0.05, 0) is 67.5 Å². The summed E-state index contributed by atoms with van der Waals surface area (Å²) in [4.78, 5) is 12.5. The van der Waals surface area contributed by atoms with Crippen molar-refractivity contribution in [2.45, 2.75) is 45.1 Å².